The first-order valence-corrected chi connectivity index (χ1v) is 17.9. The molecule has 0 radical (unpaired) electrons. The highest BCUT2D eigenvalue weighted by atomic mass is 16.3. The van der Waals surface area contributed by atoms with E-state index >= 15 is 0 Å². The maximum Gasteiger partial charge on any atom is 0.220 e. The van der Waals surface area contributed by atoms with Gasteiger partial charge in [-0.1, -0.05) is 152 Å². The number of allylic oxidation sites excluding steroid dienone is 7. The molecule has 2 unspecified atom stereocenters. The second-order valence-corrected chi connectivity index (χ2v) is 11.9. The Morgan fingerprint density at radius 3 is 1.60 bits per heavy atom. The van der Waals surface area contributed by atoms with Gasteiger partial charge >= 0.3 is 0 Å². The number of amides is 1. The number of aliphatic hydroxyl groups excluding tert-OH is 2. The Hall–Kier alpha value is -1.65. The molecule has 0 fully saturated rings. The Kier molecular flexibility index (Phi) is 32.5. The highest BCUT2D eigenvalue weighted by Gasteiger charge is 2.17. The van der Waals surface area contributed by atoms with Crippen LogP contribution in [0.4, 0.5) is 0 Å². The summed E-state index contributed by atoms with van der Waals surface area (Å²) in [6.07, 6.45) is 44.7. The average Bonchev–Trinajstić information content (AvgIpc) is 2.99. The molecule has 3 N–H and O–H groups in total. The fraction of sp³-hybridized carbons (Fsp3) is 0.763. The molecule has 2 atom stereocenters. The third kappa shape index (κ3) is 29.8. The molecule has 0 spiro atoms. The fourth-order valence-electron chi connectivity index (χ4n) is 4.97. The van der Waals surface area contributed by atoms with Gasteiger partial charge in [0, 0.05) is 6.42 Å². The molecule has 0 aromatic carbocycles. The second kappa shape index (κ2) is 33.8. The number of unbranched alkanes of at least 4 members (excludes halogenated alkanes) is 18. The van der Waals surface area contributed by atoms with E-state index in [0.29, 0.717) is 6.42 Å². The first kappa shape index (κ1) is 40.4. The molecule has 0 rings (SSSR count). The number of carbonyl (C=O) groups is 1. The van der Waals surface area contributed by atoms with Crippen molar-refractivity contribution in [1.29, 1.82) is 0 Å². The molecule has 0 aromatic heterocycles. The molecule has 4 heteroatoms. The van der Waals surface area contributed by atoms with Crippen molar-refractivity contribution in [2.24, 2.45) is 0 Å². The van der Waals surface area contributed by atoms with E-state index in [9.17, 15) is 15.0 Å². The van der Waals surface area contributed by atoms with Gasteiger partial charge in [-0.25, -0.2) is 0 Å². The highest BCUT2D eigenvalue weighted by molar-refractivity contribution is 5.76. The van der Waals surface area contributed by atoms with Gasteiger partial charge in [0.15, 0.2) is 0 Å². The maximum atomic E-state index is 12.3. The van der Waals surface area contributed by atoms with Crippen molar-refractivity contribution in [3.63, 3.8) is 0 Å². The normalized spacial score (nSPS) is 13.7. The second-order valence-electron chi connectivity index (χ2n) is 11.9. The standard InChI is InChI=1S/C38H69NO3/c1-3-5-7-9-11-13-15-17-19-20-21-23-25-27-29-31-33-37(41)36(35-40)39-38(42)34-32-30-28-26-24-22-18-16-14-12-10-8-6-4-2/h10,12,16,18,23,25,31,33,36-37,40-41H,3-9,11,13-15,17,19-22,24,26-30,32,34-35H2,1-2H3,(H,39,42)/b12-10-,18-16-,25-23+,33-31+. The largest absolute Gasteiger partial charge is 0.394 e. The van der Waals surface area contributed by atoms with E-state index in [0.717, 1.165) is 51.4 Å². The van der Waals surface area contributed by atoms with Gasteiger partial charge in [0.2, 0.25) is 5.91 Å². The molecule has 0 aliphatic carbocycles. The molecule has 0 heterocycles. The van der Waals surface area contributed by atoms with Crippen LogP contribution in [-0.4, -0.2) is 34.9 Å². The van der Waals surface area contributed by atoms with Gasteiger partial charge in [-0.2, -0.15) is 0 Å². The summed E-state index contributed by atoms with van der Waals surface area (Å²) in [7, 11) is 0. The van der Waals surface area contributed by atoms with Gasteiger partial charge in [-0.05, 0) is 57.8 Å². The highest BCUT2D eigenvalue weighted by Crippen LogP contribution is 2.12. The first-order valence-electron chi connectivity index (χ1n) is 17.9. The van der Waals surface area contributed by atoms with Crippen molar-refractivity contribution < 1.29 is 15.0 Å². The summed E-state index contributed by atoms with van der Waals surface area (Å²) in [4.78, 5) is 12.3. The molecule has 0 bridgehead atoms. The summed E-state index contributed by atoms with van der Waals surface area (Å²) in [6.45, 7) is 4.23. The van der Waals surface area contributed by atoms with Crippen molar-refractivity contribution in [3.05, 3.63) is 48.6 Å². The van der Waals surface area contributed by atoms with E-state index in [-0.39, 0.29) is 12.5 Å². The summed E-state index contributed by atoms with van der Waals surface area (Å²) in [5, 5.41) is 22.8. The fourth-order valence-corrected chi connectivity index (χ4v) is 4.97. The Morgan fingerprint density at radius 1 is 0.571 bits per heavy atom. The predicted molar refractivity (Wildman–Crippen MR) is 184 cm³/mol. The van der Waals surface area contributed by atoms with Crippen LogP contribution >= 0.6 is 0 Å². The van der Waals surface area contributed by atoms with Crippen LogP contribution in [-0.2, 0) is 4.79 Å². The smallest absolute Gasteiger partial charge is 0.220 e. The van der Waals surface area contributed by atoms with Gasteiger partial charge in [-0.3, -0.25) is 4.79 Å². The van der Waals surface area contributed by atoms with Crippen molar-refractivity contribution in [2.45, 2.75) is 180 Å². The summed E-state index contributed by atoms with van der Waals surface area (Å²) in [5.74, 6) is -0.0914. The number of hydrogen-bond donors (Lipinski definition) is 3. The number of aliphatic hydroxyl groups is 2. The number of rotatable bonds is 31. The number of nitrogens with one attached hydrogen (secondary N) is 1. The zero-order chi connectivity index (χ0) is 30.8. The molecular weight excluding hydrogens is 518 g/mol. The molecule has 0 saturated carbocycles. The lowest BCUT2D eigenvalue weighted by molar-refractivity contribution is -0.123. The number of hydrogen-bond acceptors (Lipinski definition) is 3. The first-order chi connectivity index (χ1) is 20.7. The Morgan fingerprint density at radius 2 is 1.02 bits per heavy atom. The molecule has 0 aliphatic heterocycles. The topological polar surface area (TPSA) is 69.6 Å². The molecule has 0 aliphatic rings. The van der Waals surface area contributed by atoms with Crippen LogP contribution in [0.25, 0.3) is 0 Å². The monoisotopic (exact) mass is 588 g/mol. The molecule has 0 aromatic rings. The lowest BCUT2D eigenvalue weighted by Crippen LogP contribution is -2.45. The minimum atomic E-state index is -0.866. The zero-order valence-corrected chi connectivity index (χ0v) is 27.8. The Balaban J connectivity index is 3.73. The molecular formula is C38H69NO3. The van der Waals surface area contributed by atoms with Crippen molar-refractivity contribution in [1.82, 2.24) is 5.32 Å². The SMILES string of the molecule is CCCC/C=C\C/C=C\CCCCCCCC(=O)NC(CO)C(O)/C=C/CC/C=C/CCCCCCCCCCCC. The lowest BCUT2D eigenvalue weighted by atomic mass is 10.1. The maximum absolute atomic E-state index is 12.3. The van der Waals surface area contributed by atoms with Crippen LogP contribution in [0.3, 0.4) is 0 Å². The molecule has 244 valence electrons. The third-order valence-electron chi connectivity index (χ3n) is 7.78. The Labute approximate surface area is 261 Å². The van der Waals surface area contributed by atoms with Crippen LogP contribution in [0.2, 0.25) is 0 Å². The van der Waals surface area contributed by atoms with Crippen molar-refractivity contribution in [3.8, 4) is 0 Å². The average molecular weight is 588 g/mol. The van der Waals surface area contributed by atoms with Gasteiger partial charge < -0.3 is 15.5 Å². The summed E-state index contributed by atoms with van der Waals surface area (Å²) in [6, 6.07) is -0.645. The van der Waals surface area contributed by atoms with E-state index < -0.39 is 12.1 Å². The molecule has 0 saturated heterocycles. The summed E-state index contributed by atoms with van der Waals surface area (Å²) < 4.78 is 0. The van der Waals surface area contributed by atoms with Crippen LogP contribution in [0, 0.1) is 0 Å². The molecule has 4 nitrogen and oxygen atoms in total. The van der Waals surface area contributed by atoms with E-state index in [1.54, 1.807) is 6.08 Å². The lowest BCUT2D eigenvalue weighted by Gasteiger charge is -2.19. The van der Waals surface area contributed by atoms with E-state index in [1.165, 1.54) is 96.3 Å². The summed E-state index contributed by atoms with van der Waals surface area (Å²) in [5.41, 5.74) is 0. The van der Waals surface area contributed by atoms with Crippen LogP contribution in [0.5, 0.6) is 0 Å². The Bertz CT molecular complexity index is 682. The zero-order valence-electron chi connectivity index (χ0n) is 27.8. The van der Waals surface area contributed by atoms with E-state index in [2.05, 4.69) is 55.6 Å². The minimum Gasteiger partial charge on any atom is -0.394 e. The summed E-state index contributed by atoms with van der Waals surface area (Å²) >= 11 is 0. The molecule has 1 amide bonds. The molecule has 42 heavy (non-hydrogen) atoms. The van der Waals surface area contributed by atoms with Crippen LogP contribution in [0.1, 0.15) is 168 Å². The van der Waals surface area contributed by atoms with Crippen molar-refractivity contribution >= 4 is 5.91 Å². The van der Waals surface area contributed by atoms with Gasteiger partial charge in [0.25, 0.3) is 0 Å². The van der Waals surface area contributed by atoms with Crippen LogP contribution in [0.15, 0.2) is 48.6 Å². The van der Waals surface area contributed by atoms with Crippen molar-refractivity contribution in [2.75, 3.05) is 6.61 Å². The number of carbonyl (C=O) groups excluding carboxylic acids is 1. The van der Waals surface area contributed by atoms with E-state index in [1.807, 2.05) is 6.08 Å². The van der Waals surface area contributed by atoms with E-state index in [4.69, 9.17) is 0 Å². The minimum absolute atomic E-state index is 0.0914. The van der Waals surface area contributed by atoms with Crippen LogP contribution < -0.4 is 5.32 Å². The quantitative estimate of drug-likeness (QED) is 0.0558. The third-order valence-corrected chi connectivity index (χ3v) is 7.78. The van der Waals surface area contributed by atoms with Gasteiger partial charge in [0.1, 0.15) is 0 Å². The predicted octanol–water partition coefficient (Wildman–Crippen LogP) is 10.5. The van der Waals surface area contributed by atoms with Gasteiger partial charge in [0.05, 0.1) is 18.8 Å². The van der Waals surface area contributed by atoms with Gasteiger partial charge in [-0.15, -0.1) is 0 Å².